The molecule has 0 amide bonds. The number of aromatic hydroxyl groups is 1. The lowest BCUT2D eigenvalue weighted by Gasteiger charge is -2.13. The molecule has 1 heterocycles. The van der Waals surface area contributed by atoms with Crippen molar-refractivity contribution in [2.45, 2.75) is 12.5 Å². The van der Waals surface area contributed by atoms with E-state index in [1.807, 2.05) is 0 Å². The maximum absolute atomic E-state index is 11.5. The number of carboxylic acids is 4. The zero-order valence-corrected chi connectivity index (χ0v) is 22.0. The smallest absolute Gasteiger partial charge is 0.336 e. The number of nitro benzene ring substituents is 2. The van der Waals surface area contributed by atoms with E-state index in [0.717, 1.165) is 18.2 Å². The van der Waals surface area contributed by atoms with Gasteiger partial charge in [0.15, 0.2) is 0 Å². The van der Waals surface area contributed by atoms with E-state index in [4.69, 9.17) is 10.2 Å². The number of carbonyl (C=O) groups is 4. The van der Waals surface area contributed by atoms with Crippen LogP contribution in [0, 0.1) is 20.2 Å². The summed E-state index contributed by atoms with van der Waals surface area (Å²) in [4.78, 5) is 68.3. The van der Waals surface area contributed by atoms with Crippen LogP contribution >= 0.6 is 0 Å². The van der Waals surface area contributed by atoms with Crippen LogP contribution in [0.4, 0.5) is 17.1 Å². The van der Waals surface area contributed by atoms with Crippen LogP contribution in [-0.2, 0) is 9.59 Å². The summed E-state index contributed by atoms with van der Waals surface area (Å²) in [5.74, 6) is -5.49. The van der Waals surface area contributed by atoms with Gasteiger partial charge in [-0.1, -0.05) is 18.2 Å². The van der Waals surface area contributed by atoms with E-state index >= 15 is 0 Å². The second-order valence-corrected chi connectivity index (χ2v) is 8.76. The molecular weight excluding hydrogens is 588 g/mol. The Morgan fingerprint density at radius 2 is 1.48 bits per heavy atom. The van der Waals surface area contributed by atoms with Crippen LogP contribution < -0.4 is 5.32 Å². The summed E-state index contributed by atoms with van der Waals surface area (Å²) in [6.07, 6.45) is -0.816. The summed E-state index contributed by atoms with van der Waals surface area (Å²) in [7, 11) is 0. The lowest BCUT2D eigenvalue weighted by molar-refractivity contribution is -0.393. The number of aliphatic carboxylic acids is 2. The Morgan fingerprint density at radius 1 is 0.818 bits per heavy atom. The van der Waals surface area contributed by atoms with Gasteiger partial charge in [0.25, 0.3) is 11.4 Å². The normalized spacial score (nSPS) is 11.0. The molecule has 0 unspecified atom stereocenters. The van der Waals surface area contributed by atoms with Crippen molar-refractivity contribution < 1.29 is 54.6 Å². The number of hydrogen-bond acceptors (Lipinski definition) is 11. The van der Waals surface area contributed by atoms with E-state index in [-0.39, 0.29) is 33.8 Å². The number of non-ortho nitro benzene ring substituents is 1. The predicted octanol–water partition coefficient (Wildman–Crippen LogP) is 3.85. The molecule has 226 valence electrons. The number of pyridine rings is 1. The van der Waals surface area contributed by atoms with Crippen LogP contribution in [0.3, 0.4) is 0 Å². The minimum absolute atomic E-state index is 0.0370. The molecule has 1 aromatic heterocycles. The van der Waals surface area contributed by atoms with Gasteiger partial charge >= 0.3 is 23.9 Å². The number of phenolic OH excluding ortho intramolecular Hbond substituents is 1. The Morgan fingerprint density at radius 3 is 2.05 bits per heavy atom. The van der Waals surface area contributed by atoms with Crippen LogP contribution in [0.15, 0.2) is 66.7 Å². The van der Waals surface area contributed by atoms with Crippen LogP contribution in [0.5, 0.6) is 5.75 Å². The summed E-state index contributed by atoms with van der Waals surface area (Å²) in [6.45, 7) is 0. The Hall–Kier alpha value is -6.65. The molecular formula is C27H20N4O13. The number of hydrogen-bond donors (Lipinski definition) is 6. The molecule has 0 bridgehead atoms. The molecule has 0 saturated carbocycles. The third-order valence-corrected chi connectivity index (χ3v) is 5.85. The fourth-order valence-corrected chi connectivity index (χ4v) is 3.89. The van der Waals surface area contributed by atoms with Crippen LogP contribution in [0.25, 0.3) is 22.2 Å². The molecule has 3 aromatic carbocycles. The molecule has 0 fully saturated rings. The summed E-state index contributed by atoms with van der Waals surface area (Å²) in [5, 5.41) is 69.6. The molecule has 0 aliphatic rings. The Kier molecular flexibility index (Phi) is 9.66. The standard InChI is InChI=1S/C17H11NO5.C10H9N3O8/c19-9-5-6-11(12(7-9)16(20)21)15-8-13(17(22)23)10-3-1-2-4-14(10)18-15;14-9(15)4-7(10(16)17)11-6-2-1-5(12(18)19)3-8(6)13(20)21/h1-8,19H,(H,20,21)(H,22,23);1-3,7,11H,4H2,(H,14,15)(H,16,17)/t;7-/m.0/s1. The highest BCUT2D eigenvalue weighted by Gasteiger charge is 2.26. The molecule has 0 spiro atoms. The van der Waals surface area contributed by atoms with Gasteiger partial charge in [-0.2, -0.15) is 0 Å². The molecule has 0 saturated heterocycles. The molecule has 44 heavy (non-hydrogen) atoms. The highest BCUT2D eigenvalue weighted by molar-refractivity contribution is 6.05. The Balaban J connectivity index is 0.000000242. The molecule has 0 aliphatic heterocycles. The molecule has 17 heteroatoms. The molecule has 6 N–H and O–H groups in total. The number of aromatic carboxylic acids is 2. The number of rotatable bonds is 10. The highest BCUT2D eigenvalue weighted by atomic mass is 16.6. The average Bonchev–Trinajstić information content (AvgIpc) is 2.96. The summed E-state index contributed by atoms with van der Waals surface area (Å²) >= 11 is 0. The van der Waals surface area contributed by atoms with E-state index in [2.05, 4.69) is 10.3 Å². The van der Waals surface area contributed by atoms with Gasteiger partial charge < -0.3 is 30.8 Å². The van der Waals surface area contributed by atoms with Gasteiger partial charge in [-0.05, 0) is 36.4 Å². The van der Waals surface area contributed by atoms with Gasteiger partial charge in [0.1, 0.15) is 17.5 Å². The zero-order valence-electron chi connectivity index (χ0n) is 22.0. The molecule has 0 aliphatic carbocycles. The number of nitrogens with zero attached hydrogens (tertiary/aromatic N) is 3. The van der Waals surface area contributed by atoms with E-state index in [0.29, 0.717) is 17.0 Å². The topological polar surface area (TPSA) is 281 Å². The minimum Gasteiger partial charge on any atom is -0.508 e. The molecule has 0 radical (unpaired) electrons. The number of aromatic nitrogens is 1. The number of para-hydroxylation sites is 1. The first-order valence-corrected chi connectivity index (χ1v) is 12.0. The van der Waals surface area contributed by atoms with Crippen LogP contribution in [0.1, 0.15) is 27.1 Å². The maximum atomic E-state index is 11.5. The number of nitrogens with one attached hydrogen (secondary N) is 1. The zero-order chi connectivity index (χ0) is 32.7. The van der Waals surface area contributed by atoms with Crippen molar-refractivity contribution in [2.75, 3.05) is 5.32 Å². The number of benzene rings is 3. The number of nitro groups is 2. The first-order valence-electron chi connectivity index (χ1n) is 12.0. The molecule has 4 rings (SSSR count). The second-order valence-electron chi connectivity index (χ2n) is 8.76. The fourth-order valence-electron chi connectivity index (χ4n) is 3.89. The third kappa shape index (κ3) is 7.55. The molecule has 17 nitrogen and oxygen atoms in total. The number of carboxylic acid groups (broad SMARTS) is 4. The lowest BCUT2D eigenvalue weighted by atomic mass is 10.00. The average molecular weight is 608 g/mol. The first kappa shape index (κ1) is 31.9. The van der Waals surface area contributed by atoms with Gasteiger partial charge in [-0.15, -0.1) is 0 Å². The summed E-state index contributed by atoms with van der Waals surface area (Å²) in [5.41, 5.74) is -0.787. The molecule has 4 aromatic rings. The second kappa shape index (κ2) is 13.3. The van der Waals surface area contributed by atoms with Crippen molar-refractivity contribution in [3.8, 4) is 17.0 Å². The lowest BCUT2D eigenvalue weighted by Crippen LogP contribution is -2.32. The monoisotopic (exact) mass is 608 g/mol. The van der Waals surface area contributed by atoms with Crippen molar-refractivity contribution in [2.24, 2.45) is 0 Å². The van der Waals surface area contributed by atoms with Gasteiger partial charge in [0, 0.05) is 17.0 Å². The molecule has 1 atom stereocenters. The first-order chi connectivity index (χ1) is 20.7. The minimum atomic E-state index is -1.61. The van der Waals surface area contributed by atoms with Gasteiger partial charge in [0.05, 0.1) is 44.7 Å². The third-order valence-electron chi connectivity index (χ3n) is 5.85. The van der Waals surface area contributed by atoms with Crippen LogP contribution in [0.2, 0.25) is 0 Å². The van der Waals surface area contributed by atoms with E-state index < -0.39 is 57.6 Å². The Bertz CT molecular complexity index is 1820. The predicted molar refractivity (Wildman–Crippen MR) is 150 cm³/mol. The van der Waals surface area contributed by atoms with Crippen molar-refractivity contribution in [3.05, 3.63) is 98.1 Å². The number of fused-ring (bicyclic) bond motifs is 1. The highest BCUT2D eigenvalue weighted by Crippen LogP contribution is 2.31. The van der Waals surface area contributed by atoms with Crippen molar-refractivity contribution in [1.82, 2.24) is 4.98 Å². The summed E-state index contributed by atoms with van der Waals surface area (Å²) in [6, 6.07) is 12.8. The number of anilines is 1. The summed E-state index contributed by atoms with van der Waals surface area (Å²) < 4.78 is 0. The largest absolute Gasteiger partial charge is 0.508 e. The van der Waals surface area contributed by atoms with Gasteiger partial charge in [-0.3, -0.25) is 25.0 Å². The van der Waals surface area contributed by atoms with Crippen molar-refractivity contribution in [3.63, 3.8) is 0 Å². The maximum Gasteiger partial charge on any atom is 0.336 e. The fraction of sp³-hybridized carbons (Fsp3) is 0.0741. The van der Waals surface area contributed by atoms with E-state index in [9.17, 15) is 54.7 Å². The quantitative estimate of drug-likeness (QED) is 0.110. The van der Waals surface area contributed by atoms with E-state index in [1.54, 1.807) is 24.3 Å². The SMILES string of the molecule is O=C(O)C[C@H](Nc1ccc([N+](=O)[O-])cc1[N+](=O)[O-])C(=O)O.O=C(O)c1cc(O)ccc1-c1cc(C(=O)O)c2ccccc2n1. The van der Waals surface area contributed by atoms with E-state index in [1.165, 1.54) is 18.2 Å². The van der Waals surface area contributed by atoms with Gasteiger partial charge in [0.2, 0.25) is 0 Å². The van der Waals surface area contributed by atoms with Crippen LogP contribution in [-0.4, -0.2) is 70.3 Å². The van der Waals surface area contributed by atoms with Crippen molar-refractivity contribution >= 4 is 51.8 Å². The number of phenols is 1. The Labute approximate surface area is 244 Å². The van der Waals surface area contributed by atoms with Crippen molar-refractivity contribution in [1.29, 1.82) is 0 Å². The van der Waals surface area contributed by atoms with Gasteiger partial charge in [-0.25, -0.2) is 19.4 Å².